The molecule has 3 heterocycles. The number of carbonyl (C=O) groups excluding carboxylic acids is 2. The Balaban J connectivity index is 1.52. The van der Waals surface area contributed by atoms with E-state index >= 15 is 0 Å². The summed E-state index contributed by atoms with van der Waals surface area (Å²) in [5.74, 6) is 1.05. The van der Waals surface area contributed by atoms with Crippen molar-refractivity contribution in [1.29, 1.82) is 5.26 Å². The van der Waals surface area contributed by atoms with E-state index in [0.717, 1.165) is 48.1 Å². The van der Waals surface area contributed by atoms with Gasteiger partial charge in [0.2, 0.25) is 12.7 Å². The van der Waals surface area contributed by atoms with Gasteiger partial charge in [-0.1, -0.05) is 26.3 Å². The first-order chi connectivity index (χ1) is 16.9. The fourth-order valence-electron chi connectivity index (χ4n) is 6.07. The molecule has 180 valence electrons. The Labute approximate surface area is 209 Å². The van der Waals surface area contributed by atoms with Crippen molar-refractivity contribution in [2.45, 2.75) is 71.1 Å². The predicted octanol–water partition coefficient (Wildman–Crippen LogP) is 5.78. The highest BCUT2D eigenvalue weighted by Crippen LogP contribution is 2.51. The molecule has 1 atom stereocenters. The Morgan fingerprint density at radius 2 is 1.89 bits per heavy atom. The average Bonchev–Trinajstić information content (AvgIpc) is 3.34. The van der Waals surface area contributed by atoms with Crippen LogP contribution >= 0.6 is 11.3 Å². The van der Waals surface area contributed by atoms with E-state index in [0.29, 0.717) is 34.9 Å². The number of nitriles is 1. The highest BCUT2D eigenvalue weighted by Gasteiger charge is 2.45. The fraction of sp³-hybridized carbons (Fsp3) is 0.464. The highest BCUT2D eigenvalue weighted by molar-refractivity contribution is 7.16. The smallest absolute Gasteiger partial charge is 0.232 e. The topological polar surface area (TPSA) is 79.6 Å². The van der Waals surface area contributed by atoms with Crippen molar-refractivity contribution in [2.24, 2.45) is 5.41 Å². The van der Waals surface area contributed by atoms with Gasteiger partial charge in [0.05, 0.1) is 5.56 Å². The molecule has 1 aromatic carbocycles. The van der Waals surface area contributed by atoms with Crippen molar-refractivity contribution in [1.82, 2.24) is 0 Å². The van der Waals surface area contributed by atoms with E-state index in [2.05, 4.69) is 19.9 Å². The monoisotopic (exact) mass is 488 g/mol. The fourth-order valence-corrected chi connectivity index (χ4v) is 7.45. The second-order valence-corrected chi connectivity index (χ2v) is 11.8. The van der Waals surface area contributed by atoms with Crippen LogP contribution in [0.5, 0.6) is 11.5 Å². The Hall–Kier alpha value is -3.11. The highest BCUT2D eigenvalue weighted by atomic mass is 32.1. The van der Waals surface area contributed by atoms with Crippen LogP contribution in [0, 0.1) is 16.7 Å². The number of ether oxygens (including phenoxy) is 2. The van der Waals surface area contributed by atoms with Crippen molar-refractivity contribution in [3.63, 3.8) is 0 Å². The average molecular weight is 489 g/mol. The summed E-state index contributed by atoms with van der Waals surface area (Å²) >= 11 is 1.58. The molecule has 0 N–H and O–H groups in total. The third-order valence-electron chi connectivity index (χ3n) is 7.66. The van der Waals surface area contributed by atoms with Crippen molar-refractivity contribution in [2.75, 3.05) is 11.7 Å². The van der Waals surface area contributed by atoms with Gasteiger partial charge in [-0.3, -0.25) is 14.5 Å². The SMILES string of the molecule is CC1(C)CC(=O)C2=C(C1)N(c1sc3c(c1C#N)CCCCC3)C(=O)C[C@H]2c1ccc2c(c1)OCO2. The molecule has 2 aromatic rings. The zero-order valence-electron chi connectivity index (χ0n) is 20.1. The summed E-state index contributed by atoms with van der Waals surface area (Å²) < 4.78 is 11.0. The number of thiophene rings is 1. The van der Waals surface area contributed by atoms with E-state index in [9.17, 15) is 14.9 Å². The summed E-state index contributed by atoms with van der Waals surface area (Å²) in [7, 11) is 0. The zero-order chi connectivity index (χ0) is 24.3. The van der Waals surface area contributed by atoms with Crippen LogP contribution in [0.15, 0.2) is 29.5 Å². The molecule has 0 bridgehead atoms. The molecule has 7 heteroatoms. The maximum absolute atomic E-state index is 13.9. The molecule has 6 rings (SSSR count). The minimum absolute atomic E-state index is 0.0511. The Kier molecular flexibility index (Phi) is 5.26. The largest absolute Gasteiger partial charge is 0.454 e. The van der Waals surface area contributed by atoms with Crippen LogP contribution in [0.1, 0.15) is 79.9 Å². The second-order valence-electron chi connectivity index (χ2n) is 10.8. The van der Waals surface area contributed by atoms with Crippen LogP contribution in [-0.4, -0.2) is 18.5 Å². The number of hydrogen-bond donors (Lipinski definition) is 0. The minimum atomic E-state index is -0.324. The van der Waals surface area contributed by atoms with Gasteiger partial charge >= 0.3 is 0 Å². The first-order valence-corrected chi connectivity index (χ1v) is 13.2. The van der Waals surface area contributed by atoms with Gasteiger partial charge < -0.3 is 9.47 Å². The molecule has 1 amide bonds. The molecule has 0 fully saturated rings. The number of ketones is 1. The molecule has 0 unspecified atom stereocenters. The number of benzene rings is 1. The molecule has 4 aliphatic rings. The van der Waals surface area contributed by atoms with Crippen molar-refractivity contribution < 1.29 is 19.1 Å². The molecule has 6 nitrogen and oxygen atoms in total. The van der Waals surface area contributed by atoms with E-state index in [1.807, 2.05) is 18.2 Å². The van der Waals surface area contributed by atoms with Crippen LogP contribution < -0.4 is 14.4 Å². The molecule has 2 aliphatic carbocycles. The van der Waals surface area contributed by atoms with Gasteiger partial charge in [0.25, 0.3) is 0 Å². The number of anilines is 1. The van der Waals surface area contributed by atoms with E-state index in [1.165, 1.54) is 11.3 Å². The first kappa shape index (κ1) is 22.4. The number of aryl methyl sites for hydroxylation is 1. The van der Waals surface area contributed by atoms with Crippen LogP contribution in [0.3, 0.4) is 0 Å². The van der Waals surface area contributed by atoms with Gasteiger partial charge in [-0.2, -0.15) is 5.26 Å². The standard InChI is InChI=1S/C28H28N2O4S/c1-28(2)12-20-26(21(31)13-28)18(16-8-9-22-23(10-16)34-15-33-22)11-25(32)30(20)27-19(14-29)17-6-4-3-5-7-24(17)35-27/h8-10,18H,3-7,11-13,15H2,1-2H3/t18-/m0/s1. The lowest BCUT2D eigenvalue weighted by molar-refractivity contribution is -0.120. The van der Waals surface area contributed by atoms with E-state index in [1.54, 1.807) is 16.2 Å². The van der Waals surface area contributed by atoms with Gasteiger partial charge in [0.1, 0.15) is 11.1 Å². The molecule has 0 spiro atoms. The summed E-state index contributed by atoms with van der Waals surface area (Å²) in [5, 5.41) is 10.9. The number of hydrogen-bond acceptors (Lipinski definition) is 6. The van der Waals surface area contributed by atoms with Crippen molar-refractivity contribution >= 4 is 28.0 Å². The predicted molar refractivity (Wildman–Crippen MR) is 133 cm³/mol. The Bertz CT molecular complexity index is 1330. The van der Waals surface area contributed by atoms with Gasteiger partial charge in [-0.25, -0.2) is 0 Å². The number of nitrogens with zero attached hydrogens (tertiary/aromatic N) is 2. The molecule has 0 radical (unpaired) electrons. The van der Waals surface area contributed by atoms with Gasteiger partial charge in [-0.15, -0.1) is 11.3 Å². The number of fused-ring (bicyclic) bond motifs is 2. The Morgan fingerprint density at radius 3 is 2.71 bits per heavy atom. The summed E-state index contributed by atoms with van der Waals surface area (Å²) in [6, 6.07) is 8.13. The third-order valence-corrected chi connectivity index (χ3v) is 8.94. The minimum Gasteiger partial charge on any atom is -0.454 e. The number of carbonyl (C=O) groups is 2. The van der Waals surface area contributed by atoms with Crippen LogP contribution in [-0.2, 0) is 22.4 Å². The maximum atomic E-state index is 13.9. The van der Waals surface area contributed by atoms with Crippen LogP contribution in [0.2, 0.25) is 0 Å². The summed E-state index contributed by atoms with van der Waals surface area (Å²) in [4.78, 5) is 30.5. The van der Waals surface area contributed by atoms with Gasteiger partial charge in [0.15, 0.2) is 17.3 Å². The molecule has 2 aliphatic heterocycles. The van der Waals surface area contributed by atoms with E-state index in [-0.39, 0.29) is 36.2 Å². The molecule has 0 saturated carbocycles. The molecule has 1 aromatic heterocycles. The lowest BCUT2D eigenvalue weighted by Gasteiger charge is -2.42. The van der Waals surface area contributed by atoms with Crippen molar-refractivity contribution in [3.05, 3.63) is 51.0 Å². The third kappa shape index (κ3) is 3.66. The normalized spacial score (nSPS) is 23.0. The van der Waals surface area contributed by atoms with Gasteiger partial charge in [0, 0.05) is 34.9 Å². The molecule has 0 saturated heterocycles. The van der Waals surface area contributed by atoms with Crippen molar-refractivity contribution in [3.8, 4) is 17.6 Å². The number of allylic oxidation sites excluding steroid dienone is 2. The summed E-state index contributed by atoms with van der Waals surface area (Å²) in [5.41, 5.74) is 3.87. The van der Waals surface area contributed by atoms with E-state index in [4.69, 9.17) is 9.47 Å². The molecular weight excluding hydrogens is 460 g/mol. The number of rotatable bonds is 2. The van der Waals surface area contributed by atoms with Crippen LogP contribution in [0.4, 0.5) is 5.00 Å². The molecule has 35 heavy (non-hydrogen) atoms. The zero-order valence-corrected chi connectivity index (χ0v) is 20.9. The lowest BCUT2D eigenvalue weighted by Crippen LogP contribution is -2.43. The second kappa shape index (κ2) is 8.23. The molecular formula is C28H28N2O4S. The Morgan fingerprint density at radius 1 is 1.09 bits per heavy atom. The maximum Gasteiger partial charge on any atom is 0.232 e. The summed E-state index contributed by atoms with van der Waals surface area (Å²) in [6.07, 6.45) is 6.43. The van der Waals surface area contributed by atoms with E-state index < -0.39 is 0 Å². The summed E-state index contributed by atoms with van der Waals surface area (Å²) in [6.45, 7) is 4.34. The quantitative estimate of drug-likeness (QED) is 0.501. The lowest BCUT2D eigenvalue weighted by atomic mass is 9.69. The van der Waals surface area contributed by atoms with Gasteiger partial charge in [-0.05, 0) is 60.8 Å². The number of amides is 1. The number of Topliss-reactive ketones (excluding diaryl/α,β-unsaturated/α-hetero) is 1. The van der Waals surface area contributed by atoms with Crippen LogP contribution in [0.25, 0.3) is 0 Å². The first-order valence-electron chi connectivity index (χ1n) is 12.4.